The summed E-state index contributed by atoms with van der Waals surface area (Å²) in [6.45, 7) is 2.45. The van der Waals surface area contributed by atoms with E-state index in [0.717, 1.165) is 11.0 Å². The smallest absolute Gasteiger partial charge is 0.412 e. The van der Waals surface area contributed by atoms with E-state index in [1.165, 1.54) is 0 Å². The van der Waals surface area contributed by atoms with Crippen LogP contribution in [0.5, 0.6) is 0 Å². The molecule has 0 saturated carbocycles. The van der Waals surface area contributed by atoms with Crippen molar-refractivity contribution < 1.29 is 29.1 Å². The molecule has 0 aliphatic heterocycles. The normalized spacial score (nSPS) is 8.92. The third-order valence-corrected chi connectivity index (χ3v) is 3.11. The summed E-state index contributed by atoms with van der Waals surface area (Å²) in [7, 11) is 9.81. The summed E-state index contributed by atoms with van der Waals surface area (Å²) in [5.74, 6) is 0. The minimum atomic E-state index is 0. The Bertz CT molecular complexity index is 337. The van der Waals surface area contributed by atoms with E-state index in [0.29, 0.717) is 26.1 Å². The van der Waals surface area contributed by atoms with E-state index in [2.05, 4.69) is 106 Å². The molecule has 0 aromatic heterocycles. The molecule has 0 fully saturated rings. The van der Waals surface area contributed by atoms with Gasteiger partial charge in [0.1, 0.15) is 6.54 Å². The van der Waals surface area contributed by atoms with Crippen LogP contribution in [-0.4, -0.2) is 88.9 Å². The third kappa shape index (κ3) is 43.4. The molecule has 12 heteroatoms. The van der Waals surface area contributed by atoms with Gasteiger partial charge in [-0.05, 0) is 0 Å². The van der Waals surface area contributed by atoms with E-state index in [1.807, 2.05) is 14.1 Å². The molecular weight excluding hydrogens is 474 g/mol. The number of nitrogens with one attached hydrogen (secondary N) is 2. The molecule has 0 radical (unpaired) electrons. The number of thiocarbonyl (C=S) groups is 3. The SMILES string of the molecule is CN(C)C(=S)[S-].C[N+](C)(C)CCO.S=C([S-])NCCNC(=S)[S-].[Zn+2]. The maximum Gasteiger partial charge on any atom is 2.00 e. The van der Waals surface area contributed by atoms with Gasteiger partial charge in [-0.15, -0.1) is 0 Å². The number of aliphatic hydroxyl groups is 1. The number of hydrogen-bond donors (Lipinski definition) is 3. The molecule has 0 spiro atoms. The maximum atomic E-state index is 8.39. The summed E-state index contributed by atoms with van der Waals surface area (Å²) in [5.41, 5.74) is 0. The second kappa shape index (κ2) is 20.2. The van der Waals surface area contributed by atoms with Crippen LogP contribution in [0.4, 0.5) is 0 Å². The molecule has 0 bridgehead atoms. The zero-order valence-corrected chi connectivity index (χ0v) is 22.7. The second-order valence-corrected chi connectivity index (χ2v) is 8.51. The Labute approximate surface area is 192 Å². The largest absolute Gasteiger partial charge is 2.00 e. The van der Waals surface area contributed by atoms with Crippen LogP contribution < -0.4 is 10.6 Å². The first-order valence-corrected chi connectivity index (χ1v) is 8.97. The standard InChI is InChI=1S/C5H14NO.C4H8N2S4.C3H7NS2.Zn/c1-6(2,3)4-5-7;7-3(8)5-1-2-6-4(9)10;1-4(2)3(5)6;/h7H,4-5H2,1-3H3;1-2H2,(H2,5,7,8)(H2,6,9,10);1-2H3,(H,5,6);/q+1;;;+2/p-3. The Kier molecular flexibility index (Phi) is 27.4. The van der Waals surface area contributed by atoms with Crippen LogP contribution in [0.3, 0.4) is 0 Å². The molecule has 0 heterocycles. The van der Waals surface area contributed by atoms with Crippen molar-refractivity contribution in [2.24, 2.45) is 0 Å². The number of hydrogen-bond acceptors (Lipinski definition) is 7. The molecule has 24 heavy (non-hydrogen) atoms. The molecule has 138 valence electrons. The molecule has 0 unspecified atom stereocenters. The third-order valence-electron chi connectivity index (χ3n) is 1.80. The zero-order valence-electron chi connectivity index (χ0n) is 14.8. The molecule has 3 N–H and O–H groups in total. The molecule has 0 aromatic rings. The van der Waals surface area contributed by atoms with Crippen molar-refractivity contribution in [3.8, 4) is 0 Å². The van der Waals surface area contributed by atoms with Gasteiger partial charge in [0.15, 0.2) is 0 Å². The summed E-state index contributed by atoms with van der Waals surface area (Å²) < 4.78 is 2.10. The monoisotopic (exact) mass is 498 g/mol. The minimum absolute atomic E-state index is 0. The number of likely N-dealkylation sites (N-methyl/N-ethyl adjacent to an activating group) is 1. The molecular formula is C12H26N4OS6Zn. The fourth-order valence-electron chi connectivity index (χ4n) is 0.629. The van der Waals surface area contributed by atoms with Gasteiger partial charge in [0.05, 0.1) is 27.7 Å². The fraction of sp³-hybridized carbons (Fsp3) is 0.750. The molecule has 5 nitrogen and oxygen atoms in total. The Morgan fingerprint density at radius 1 is 0.958 bits per heavy atom. The van der Waals surface area contributed by atoms with Crippen molar-refractivity contribution in [3.63, 3.8) is 0 Å². The van der Waals surface area contributed by atoms with E-state index in [4.69, 9.17) is 5.11 Å². The van der Waals surface area contributed by atoms with Gasteiger partial charge in [-0.1, -0.05) is 13.0 Å². The fourth-order valence-corrected chi connectivity index (χ4v) is 1.04. The average molecular weight is 500 g/mol. The summed E-state index contributed by atoms with van der Waals surface area (Å²) in [6, 6.07) is 0. The van der Waals surface area contributed by atoms with Gasteiger partial charge in [0.25, 0.3) is 0 Å². The van der Waals surface area contributed by atoms with Crippen molar-refractivity contribution in [1.29, 1.82) is 0 Å². The predicted molar refractivity (Wildman–Crippen MR) is 120 cm³/mol. The van der Waals surface area contributed by atoms with Crippen molar-refractivity contribution >= 4 is 87.5 Å². The van der Waals surface area contributed by atoms with Gasteiger partial charge < -0.3 is 99.7 Å². The van der Waals surface area contributed by atoms with Gasteiger partial charge in [-0.2, -0.15) is 0 Å². The maximum absolute atomic E-state index is 8.39. The molecule has 0 rings (SSSR count). The molecule has 0 amide bonds. The second-order valence-electron chi connectivity index (χ2n) is 5.33. The van der Waals surface area contributed by atoms with Gasteiger partial charge in [-0.25, -0.2) is 0 Å². The van der Waals surface area contributed by atoms with E-state index in [1.54, 1.807) is 4.90 Å². The topological polar surface area (TPSA) is 47.5 Å². The van der Waals surface area contributed by atoms with Crippen LogP contribution in [0.15, 0.2) is 0 Å². The number of nitrogens with zero attached hydrogens (tertiary/aromatic N) is 2. The van der Waals surface area contributed by atoms with Crippen LogP contribution in [0.25, 0.3) is 0 Å². The molecule has 0 aromatic carbocycles. The quantitative estimate of drug-likeness (QED) is 0.157. The van der Waals surface area contributed by atoms with Gasteiger partial charge in [-0.3, -0.25) is 0 Å². The number of rotatable bonds is 5. The molecule has 0 atom stereocenters. The number of aliphatic hydroxyl groups excluding tert-OH is 1. The summed E-state index contributed by atoms with van der Waals surface area (Å²) in [5, 5.41) is 13.9. The summed E-state index contributed by atoms with van der Waals surface area (Å²) in [6.07, 6.45) is 0. The summed E-state index contributed by atoms with van der Waals surface area (Å²) >= 11 is 27.5. The molecule has 0 aliphatic rings. The first-order valence-electron chi connectivity index (χ1n) is 6.52. The van der Waals surface area contributed by atoms with Gasteiger partial charge in [0.2, 0.25) is 0 Å². The Morgan fingerprint density at radius 3 is 1.33 bits per heavy atom. The van der Waals surface area contributed by atoms with E-state index in [9.17, 15) is 0 Å². The molecule has 0 saturated heterocycles. The predicted octanol–water partition coefficient (Wildman–Crippen LogP) is -0.109. The molecule has 0 aliphatic carbocycles. The Hall–Kier alpha value is 0.873. The Balaban J connectivity index is -0.000000127. The first kappa shape index (κ1) is 32.5. The zero-order chi connectivity index (χ0) is 19.1. The summed E-state index contributed by atoms with van der Waals surface area (Å²) in [4.78, 5) is 1.71. The minimum Gasteiger partial charge on any atom is -0.412 e. The van der Waals surface area contributed by atoms with Crippen molar-refractivity contribution in [3.05, 3.63) is 0 Å². The van der Waals surface area contributed by atoms with E-state index in [-0.39, 0.29) is 26.1 Å². The van der Waals surface area contributed by atoms with Gasteiger partial charge in [0, 0.05) is 27.2 Å². The average Bonchev–Trinajstić information content (AvgIpc) is 2.34. The Morgan fingerprint density at radius 2 is 1.25 bits per heavy atom. The van der Waals surface area contributed by atoms with Crippen molar-refractivity contribution in [1.82, 2.24) is 15.5 Å². The number of quaternary nitrogens is 1. The van der Waals surface area contributed by atoms with E-state index < -0.39 is 0 Å². The van der Waals surface area contributed by atoms with Crippen LogP contribution >= 0.6 is 36.7 Å². The van der Waals surface area contributed by atoms with Crippen molar-refractivity contribution in [2.45, 2.75) is 0 Å². The van der Waals surface area contributed by atoms with E-state index >= 15 is 0 Å². The van der Waals surface area contributed by atoms with Crippen LogP contribution in [0.2, 0.25) is 0 Å². The van der Waals surface area contributed by atoms with Crippen LogP contribution in [0, 0.1) is 0 Å². The van der Waals surface area contributed by atoms with Crippen LogP contribution in [0.1, 0.15) is 0 Å². The van der Waals surface area contributed by atoms with Gasteiger partial charge >= 0.3 is 19.5 Å². The van der Waals surface area contributed by atoms with Crippen molar-refractivity contribution in [2.75, 3.05) is 61.5 Å². The first-order chi connectivity index (χ1) is 10.3. The van der Waals surface area contributed by atoms with Crippen LogP contribution in [-0.2, 0) is 57.4 Å².